The number of esters is 1. The number of allylic oxidation sites excluding steroid dienone is 10. The zero-order valence-electron chi connectivity index (χ0n) is 23.4. The topological polar surface area (TPSA) is 92.7 Å². The van der Waals surface area contributed by atoms with E-state index in [0.29, 0.717) is 25.7 Å². The largest absolute Gasteiger partial charge is 0.480 e. The molecule has 0 aliphatic carbocycles. The van der Waals surface area contributed by atoms with E-state index < -0.39 is 17.6 Å². The molecule has 0 bridgehead atoms. The summed E-state index contributed by atoms with van der Waals surface area (Å²) in [6.45, 7) is 7.56. The lowest BCUT2D eigenvalue weighted by Crippen LogP contribution is -2.40. The van der Waals surface area contributed by atoms with E-state index in [2.05, 4.69) is 73.0 Å². The molecule has 1 unspecified atom stereocenters. The number of hydrogen-bond donors (Lipinski definition) is 2. The Hall–Kier alpha value is -2.89. The number of nitrogens with one attached hydrogen (secondary N) is 1. The van der Waals surface area contributed by atoms with Gasteiger partial charge in [0.15, 0.2) is 0 Å². The molecule has 0 radical (unpaired) electrons. The average Bonchev–Trinajstić information content (AvgIpc) is 2.81. The first-order chi connectivity index (χ1) is 17.7. The Morgan fingerprint density at radius 2 is 1.27 bits per heavy atom. The van der Waals surface area contributed by atoms with Gasteiger partial charge in [-0.1, -0.05) is 74.1 Å². The van der Waals surface area contributed by atoms with Crippen molar-refractivity contribution in [2.45, 2.75) is 116 Å². The van der Waals surface area contributed by atoms with Crippen LogP contribution in [0.3, 0.4) is 0 Å². The average molecular weight is 516 g/mol. The van der Waals surface area contributed by atoms with Gasteiger partial charge < -0.3 is 15.2 Å². The van der Waals surface area contributed by atoms with Crippen molar-refractivity contribution in [1.82, 2.24) is 5.32 Å². The van der Waals surface area contributed by atoms with E-state index in [9.17, 15) is 19.5 Å². The van der Waals surface area contributed by atoms with E-state index in [1.54, 1.807) is 0 Å². The highest BCUT2D eigenvalue weighted by molar-refractivity contribution is 5.83. The lowest BCUT2D eigenvalue weighted by molar-refractivity contribution is -0.155. The molecule has 1 atom stereocenters. The molecule has 0 aromatic carbocycles. The summed E-state index contributed by atoms with van der Waals surface area (Å²) < 4.78 is 5.24. The number of carboxylic acids is 1. The number of carboxylic acid groups (broad SMARTS) is 1. The van der Waals surface area contributed by atoms with E-state index >= 15 is 0 Å². The summed E-state index contributed by atoms with van der Waals surface area (Å²) in [6.07, 6.45) is 29.6. The van der Waals surface area contributed by atoms with Crippen LogP contribution in [0, 0.1) is 0 Å². The van der Waals surface area contributed by atoms with Crippen LogP contribution in [0.1, 0.15) is 105 Å². The van der Waals surface area contributed by atoms with Crippen molar-refractivity contribution in [2.75, 3.05) is 0 Å². The van der Waals surface area contributed by atoms with Gasteiger partial charge in [-0.2, -0.15) is 0 Å². The highest BCUT2D eigenvalue weighted by Gasteiger charge is 2.20. The number of aliphatic carboxylic acids is 1. The molecule has 0 aliphatic rings. The van der Waals surface area contributed by atoms with Gasteiger partial charge in [-0.25, -0.2) is 4.79 Å². The predicted molar refractivity (Wildman–Crippen MR) is 152 cm³/mol. The summed E-state index contributed by atoms with van der Waals surface area (Å²) in [5.74, 6) is -1.60. The fourth-order valence-corrected chi connectivity index (χ4v) is 3.28. The summed E-state index contributed by atoms with van der Waals surface area (Å²) in [6, 6.07) is -0.931. The second kappa shape index (κ2) is 22.3. The lowest BCUT2D eigenvalue weighted by Gasteiger charge is -2.19. The molecule has 2 N–H and O–H groups in total. The van der Waals surface area contributed by atoms with Gasteiger partial charge in [0.2, 0.25) is 5.91 Å². The van der Waals surface area contributed by atoms with Crippen LogP contribution < -0.4 is 5.32 Å². The van der Waals surface area contributed by atoms with E-state index in [1.165, 1.54) is 0 Å². The Morgan fingerprint density at radius 3 is 1.76 bits per heavy atom. The minimum Gasteiger partial charge on any atom is -0.480 e. The van der Waals surface area contributed by atoms with Gasteiger partial charge in [0.25, 0.3) is 0 Å². The lowest BCUT2D eigenvalue weighted by atomic mass is 10.1. The third-order valence-electron chi connectivity index (χ3n) is 5.11. The quantitative estimate of drug-likeness (QED) is 0.100. The first-order valence-electron chi connectivity index (χ1n) is 13.6. The minimum atomic E-state index is -1.05. The number of ether oxygens (including phenoxy) is 1. The van der Waals surface area contributed by atoms with Crippen LogP contribution in [-0.4, -0.2) is 34.6 Å². The number of amides is 1. The summed E-state index contributed by atoms with van der Waals surface area (Å²) in [7, 11) is 0. The molecule has 0 saturated heterocycles. The molecule has 208 valence electrons. The van der Waals surface area contributed by atoms with Crippen molar-refractivity contribution < 1.29 is 24.2 Å². The third kappa shape index (κ3) is 24.6. The van der Waals surface area contributed by atoms with Crippen LogP contribution in [0.5, 0.6) is 0 Å². The van der Waals surface area contributed by atoms with Crippen molar-refractivity contribution in [3.8, 4) is 0 Å². The maximum absolute atomic E-state index is 12.1. The van der Waals surface area contributed by atoms with Crippen molar-refractivity contribution >= 4 is 17.8 Å². The molecule has 6 heteroatoms. The summed E-state index contributed by atoms with van der Waals surface area (Å²) >= 11 is 0. The monoisotopic (exact) mass is 515 g/mol. The van der Waals surface area contributed by atoms with Gasteiger partial charge in [0.05, 0.1) is 0 Å². The second-order valence-electron chi connectivity index (χ2n) is 9.89. The molecular weight excluding hydrogens is 466 g/mol. The zero-order chi connectivity index (χ0) is 27.8. The van der Waals surface area contributed by atoms with Crippen molar-refractivity contribution in [3.05, 3.63) is 60.8 Å². The van der Waals surface area contributed by atoms with Gasteiger partial charge in [0.1, 0.15) is 11.6 Å². The molecule has 0 fully saturated rings. The molecule has 0 aromatic rings. The Kier molecular flexibility index (Phi) is 20.6. The van der Waals surface area contributed by atoms with Crippen LogP contribution >= 0.6 is 0 Å². The van der Waals surface area contributed by atoms with Gasteiger partial charge in [-0.15, -0.1) is 0 Å². The normalized spacial score (nSPS) is 13.4. The number of carbonyl (C=O) groups excluding carboxylic acids is 2. The summed E-state index contributed by atoms with van der Waals surface area (Å²) in [5.41, 5.74) is -0.526. The Bertz CT molecular complexity index is 784. The van der Waals surface area contributed by atoms with E-state index in [1.807, 2.05) is 20.8 Å². The van der Waals surface area contributed by atoms with Gasteiger partial charge >= 0.3 is 11.9 Å². The molecule has 0 spiro atoms. The Balaban J connectivity index is 3.93. The second-order valence-corrected chi connectivity index (χ2v) is 9.89. The zero-order valence-corrected chi connectivity index (χ0v) is 23.4. The fourth-order valence-electron chi connectivity index (χ4n) is 3.28. The molecule has 0 aromatic heterocycles. The molecule has 1 amide bonds. The SMILES string of the molecule is CC/C=C\C/C=C\C/C=C\C/C=C\C/C=C\CCCC(=O)NC(CCCCC(=O)OC(C)(C)C)C(=O)O. The highest BCUT2D eigenvalue weighted by atomic mass is 16.6. The molecular formula is C31H49NO5. The Labute approximate surface area is 224 Å². The molecule has 0 aliphatic heterocycles. The standard InChI is InChI=1S/C31H49NO5/c1-5-6-7-8-9-10-11-12-13-14-15-16-17-18-19-20-21-25-28(33)32-27(30(35)36)24-22-23-26-29(34)37-31(2,3)4/h6-7,9-10,12-13,15-16,18-19,27H,5,8,11,14,17,20-26H2,1-4H3,(H,32,33)(H,35,36)/b7-6-,10-9-,13-12-,16-15-,19-18-. The smallest absolute Gasteiger partial charge is 0.326 e. The molecule has 0 rings (SSSR count). The summed E-state index contributed by atoms with van der Waals surface area (Å²) in [4.78, 5) is 35.3. The van der Waals surface area contributed by atoms with E-state index in [4.69, 9.17) is 4.74 Å². The first kappa shape index (κ1) is 34.1. The number of carbonyl (C=O) groups is 3. The van der Waals surface area contributed by atoms with Crippen LogP contribution in [0.2, 0.25) is 0 Å². The van der Waals surface area contributed by atoms with Gasteiger partial charge in [-0.05, 0) is 78.6 Å². The van der Waals surface area contributed by atoms with Crippen LogP contribution in [0.25, 0.3) is 0 Å². The summed E-state index contributed by atoms with van der Waals surface area (Å²) in [5, 5.41) is 12.0. The van der Waals surface area contributed by atoms with Crippen molar-refractivity contribution in [3.63, 3.8) is 0 Å². The van der Waals surface area contributed by atoms with E-state index in [0.717, 1.165) is 38.5 Å². The van der Waals surface area contributed by atoms with Crippen LogP contribution in [0.4, 0.5) is 0 Å². The van der Waals surface area contributed by atoms with Gasteiger partial charge in [-0.3, -0.25) is 9.59 Å². The van der Waals surface area contributed by atoms with Crippen LogP contribution in [-0.2, 0) is 19.1 Å². The fraction of sp³-hybridized carbons (Fsp3) is 0.581. The third-order valence-corrected chi connectivity index (χ3v) is 5.11. The molecule has 6 nitrogen and oxygen atoms in total. The minimum absolute atomic E-state index is 0.241. The van der Waals surface area contributed by atoms with E-state index in [-0.39, 0.29) is 24.7 Å². The van der Waals surface area contributed by atoms with Crippen molar-refractivity contribution in [1.29, 1.82) is 0 Å². The highest BCUT2D eigenvalue weighted by Crippen LogP contribution is 2.11. The number of hydrogen-bond acceptors (Lipinski definition) is 4. The number of unbranched alkanes of at least 4 members (excludes halogenated alkanes) is 2. The van der Waals surface area contributed by atoms with Crippen molar-refractivity contribution in [2.24, 2.45) is 0 Å². The number of rotatable bonds is 20. The molecule has 0 saturated carbocycles. The Morgan fingerprint density at radius 1 is 0.757 bits per heavy atom. The maximum atomic E-state index is 12.1. The van der Waals surface area contributed by atoms with Gasteiger partial charge in [0, 0.05) is 12.8 Å². The predicted octanol–water partition coefficient (Wildman–Crippen LogP) is 7.38. The first-order valence-corrected chi connectivity index (χ1v) is 13.6. The van der Waals surface area contributed by atoms with Crippen LogP contribution in [0.15, 0.2) is 60.8 Å². The molecule has 37 heavy (non-hydrogen) atoms. The maximum Gasteiger partial charge on any atom is 0.326 e. The molecule has 0 heterocycles.